The van der Waals surface area contributed by atoms with Gasteiger partial charge < -0.3 is 0 Å². The normalized spacial score (nSPS) is 9.30. The summed E-state index contributed by atoms with van der Waals surface area (Å²) in [6.45, 7) is 3.02. The molecule has 0 amide bonds. The van der Waals surface area contributed by atoms with Crippen LogP contribution in [0.2, 0.25) is 0 Å². The third-order valence-electron chi connectivity index (χ3n) is 1.18. The van der Waals surface area contributed by atoms with Crippen molar-refractivity contribution in [3.63, 3.8) is 0 Å². The zero-order chi connectivity index (χ0) is 7.23. The number of aromatic nitrogens is 1. The van der Waals surface area contributed by atoms with Crippen molar-refractivity contribution in [2.75, 3.05) is 6.54 Å². The van der Waals surface area contributed by atoms with E-state index in [1.54, 1.807) is 12.4 Å². The van der Waals surface area contributed by atoms with E-state index in [9.17, 15) is 0 Å². The maximum Gasteiger partial charge on any atom is 0.0604 e. The fraction of sp³-hybridized carbons (Fsp3) is 0.375. The molecule has 0 unspecified atom stereocenters. The van der Waals surface area contributed by atoms with Gasteiger partial charge in [0.1, 0.15) is 0 Å². The molecule has 10 heavy (non-hydrogen) atoms. The van der Waals surface area contributed by atoms with E-state index in [-0.39, 0.29) is 0 Å². The summed E-state index contributed by atoms with van der Waals surface area (Å²) in [5.41, 5.74) is 1.02. The molecule has 0 N–H and O–H groups in total. The van der Waals surface area contributed by atoms with Crippen LogP contribution in [0.1, 0.15) is 13.3 Å². The van der Waals surface area contributed by atoms with Crippen molar-refractivity contribution in [1.82, 2.24) is 10.3 Å². The van der Waals surface area contributed by atoms with Gasteiger partial charge in [-0.1, -0.05) is 6.92 Å². The molecule has 1 radical (unpaired) electrons. The standard InChI is InChI=1S/C8H11N2/c1-2-5-10-8-3-6-9-7-4-8/h3-4,6-7H,2,5H2,1H3. The van der Waals surface area contributed by atoms with Crippen molar-refractivity contribution >= 4 is 5.69 Å². The van der Waals surface area contributed by atoms with Crippen molar-refractivity contribution < 1.29 is 0 Å². The van der Waals surface area contributed by atoms with Crippen LogP contribution < -0.4 is 5.32 Å². The lowest BCUT2D eigenvalue weighted by Gasteiger charge is -1.97. The van der Waals surface area contributed by atoms with Crippen LogP contribution in [0.3, 0.4) is 0 Å². The summed E-state index contributed by atoms with van der Waals surface area (Å²) in [7, 11) is 0. The Morgan fingerprint density at radius 1 is 1.40 bits per heavy atom. The molecule has 2 nitrogen and oxygen atoms in total. The second-order valence-corrected chi connectivity index (χ2v) is 2.09. The Morgan fingerprint density at radius 3 is 2.70 bits per heavy atom. The van der Waals surface area contributed by atoms with E-state index in [1.165, 1.54) is 0 Å². The monoisotopic (exact) mass is 135 g/mol. The fourth-order valence-electron chi connectivity index (χ4n) is 0.690. The molecule has 0 aliphatic heterocycles. The first-order chi connectivity index (χ1) is 4.93. The molecule has 0 bridgehead atoms. The van der Waals surface area contributed by atoms with Crippen LogP contribution >= 0.6 is 0 Å². The SMILES string of the molecule is CCC[N]c1ccncc1. The molecule has 0 aromatic carbocycles. The van der Waals surface area contributed by atoms with Crippen molar-refractivity contribution in [2.45, 2.75) is 13.3 Å². The molecule has 53 valence electrons. The van der Waals surface area contributed by atoms with Crippen molar-refractivity contribution in [3.05, 3.63) is 24.5 Å². The van der Waals surface area contributed by atoms with Gasteiger partial charge in [0, 0.05) is 18.9 Å². The lowest BCUT2D eigenvalue weighted by atomic mass is 10.4. The molecule has 1 aromatic heterocycles. The molecule has 0 fully saturated rings. The summed E-state index contributed by atoms with van der Waals surface area (Å²) >= 11 is 0. The third-order valence-corrected chi connectivity index (χ3v) is 1.18. The Labute approximate surface area is 61.3 Å². The maximum absolute atomic E-state index is 4.28. The molecule has 0 saturated heterocycles. The van der Waals surface area contributed by atoms with Crippen LogP contribution in [0.4, 0.5) is 5.69 Å². The number of hydrogen-bond acceptors (Lipinski definition) is 1. The zero-order valence-electron chi connectivity index (χ0n) is 6.12. The summed E-state index contributed by atoms with van der Waals surface area (Å²) < 4.78 is 0. The summed E-state index contributed by atoms with van der Waals surface area (Å²) in [4.78, 5) is 3.89. The number of nitrogens with zero attached hydrogens (tertiary/aromatic N) is 2. The first-order valence-corrected chi connectivity index (χ1v) is 3.51. The smallest absolute Gasteiger partial charge is 0.0604 e. The highest BCUT2D eigenvalue weighted by atomic mass is 14.9. The number of pyridine rings is 1. The molecule has 2 heteroatoms. The Hall–Kier alpha value is -1.05. The van der Waals surface area contributed by atoms with Gasteiger partial charge >= 0.3 is 0 Å². The molecule has 0 aliphatic carbocycles. The van der Waals surface area contributed by atoms with Crippen molar-refractivity contribution in [3.8, 4) is 0 Å². The van der Waals surface area contributed by atoms with Gasteiger partial charge in [0.25, 0.3) is 0 Å². The second-order valence-electron chi connectivity index (χ2n) is 2.09. The predicted molar refractivity (Wildman–Crippen MR) is 41.2 cm³/mol. The fourth-order valence-corrected chi connectivity index (χ4v) is 0.690. The van der Waals surface area contributed by atoms with Crippen molar-refractivity contribution in [1.29, 1.82) is 0 Å². The lowest BCUT2D eigenvalue weighted by Crippen LogP contribution is -1.97. The molecular formula is C8H11N2. The van der Waals surface area contributed by atoms with E-state index >= 15 is 0 Å². The average Bonchev–Trinajstić information content (AvgIpc) is 2.03. The summed E-state index contributed by atoms with van der Waals surface area (Å²) in [5, 5.41) is 4.28. The molecular weight excluding hydrogens is 124 g/mol. The number of rotatable bonds is 3. The van der Waals surface area contributed by atoms with Gasteiger partial charge in [-0.3, -0.25) is 10.3 Å². The van der Waals surface area contributed by atoms with Gasteiger partial charge in [0.05, 0.1) is 5.69 Å². The van der Waals surface area contributed by atoms with Gasteiger partial charge in [-0.25, -0.2) is 0 Å². The zero-order valence-corrected chi connectivity index (χ0v) is 6.12. The van der Waals surface area contributed by atoms with Crippen LogP contribution in [0, 0.1) is 0 Å². The highest BCUT2D eigenvalue weighted by Crippen LogP contribution is 2.02. The van der Waals surface area contributed by atoms with E-state index in [4.69, 9.17) is 0 Å². The topological polar surface area (TPSA) is 27.0 Å². The highest BCUT2D eigenvalue weighted by molar-refractivity contribution is 5.31. The first kappa shape index (κ1) is 7.06. The van der Waals surface area contributed by atoms with Crippen LogP contribution in [0.25, 0.3) is 0 Å². The molecule has 0 aliphatic rings. The predicted octanol–water partition coefficient (Wildman–Crippen LogP) is 1.73. The molecule has 1 aromatic rings. The van der Waals surface area contributed by atoms with Gasteiger partial charge in [-0.05, 0) is 18.6 Å². The quantitative estimate of drug-likeness (QED) is 0.620. The minimum Gasteiger partial charge on any atom is -0.285 e. The Balaban J connectivity index is 2.43. The van der Waals surface area contributed by atoms with Gasteiger partial charge in [0.15, 0.2) is 0 Å². The van der Waals surface area contributed by atoms with E-state index in [0.717, 1.165) is 18.7 Å². The van der Waals surface area contributed by atoms with Crippen molar-refractivity contribution in [2.24, 2.45) is 0 Å². The molecule has 1 rings (SSSR count). The Morgan fingerprint density at radius 2 is 2.10 bits per heavy atom. The van der Waals surface area contributed by atoms with Crippen LogP contribution in [-0.2, 0) is 0 Å². The van der Waals surface area contributed by atoms with Gasteiger partial charge in [-0.2, -0.15) is 0 Å². The number of hydrogen-bond donors (Lipinski definition) is 0. The summed E-state index contributed by atoms with van der Waals surface area (Å²) in [6, 6.07) is 3.82. The van der Waals surface area contributed by atoms with E-state index in [1.807, 2.05) is 12.1 Å². The Kier molecular flexibility index (Phi) is 2.74. The van der Waals surface area contributed by atoms with Crippen LogP contribution in [0.15, 0.2) is 24.5 Å². The maximum atomic E-state index is 4.28. The van der Waals surface area contributed by atoms with Crippen LogP contribution in [-0.4, -0.2) is 11.5 Å². The van der Waals surface area contributed by atoms with Gasteiger partial charge in [0.2, 0.25) is 0 Å². The molecule has 0 atom stereocenters. The third kappa shape index (κ3) is 2.05. The molecule has 1 heterocycles. The summed E-state index contributed by atoms with van der Waals surface area (Å²) in [5.74, 6) is 0. The summed E-state index contributed by atoms with van der Waals surface area (Å²) in [6.07, 6.45) is 4.62. The average molecular weight is 135 g/mol. The van der Waals surface area contributed by atoms with Gasteiger partial charge in [-0.15, -0.1) is 0 Å². The second kappa shape index (κ2) is 3.88. The van der Waals surface area contributed by atoms with Crippen LogP contribution in [0.5, 0.6) is 0 Å². The lowest BCUT2D eigenvalue weighted by molar-refractivity contribution is 0.804. The minimum atomic E-state index is 0.907. The van der Waals surface area contributed by atoms with E-state index in [2.05, 4.69) is 17.2 Å². The highest BCUT2D eigenvalue weighted by Gasteiger charge is 1.87. The first-order valence-electron chi connectivity index (χ1n) is 3.51. The largest absolute Gasteiger partial charge is 0.285 e. The van der Waals surface area contributed by atoms with E-state index in [0.29, 0.717) is 0 Å². The Bertz CT molecular complexity index is 172. The molecule has 0 saturated carbocycles. The minimum absolute atomic E-state index is 0.907. The molecule has 0 spiro atoms. The van der Waals surface area contributed by atoms with E-state index < -0.39 is 0 Å².